The second kappa shape index (κ2) is 6.45. The van der Waals surface area contributed by atoms with Crippen molar-refractivity contribution in [1.82, 2.24) is 0 Å². The standard InChI is InChI=1S/C15H12ClFO4/c1-20-10-3-4-11(15(18)19)14(7-10)21-8-9-2-5-12(16)13(17)6-9/h2-7H,8H2,1H3,(H,18,19). The first kappa shape index (κ1) is 15.1. The molecule has 0 amide bonds. The van der Waals surface area contributed by atoms with E-state index in [0.717, 1.165) is 0 Å². The molecular weight excluding hydrogens is 299 g/mol. The van der Waals surface area contributed by atoms with E-state index in [-0.39, 0.29) is 22.9 Å². The molecule has 0 atom stereocenters. The summed E-state index contributed by atoms with van der Waals surface area (Å²) in [7, 11) is 1.47. The number of rotatable bonds is 5. The Morgan fingerprint density at radius 3 is 2.67 bits per heavy atom. The summed E-state index contributed by atoms with van der Waals surface area (Å²) in [6.07, 6.45) is 0. The lowest BCUT2D eigenvalue weighted by Crippen LogP contribution is -2.04. The summed E-state index contributed by atoms with van der Waals surface area (Å²) in [5, 5.41) is 9.13. The Labute approximate surface area is 125 Å². The molecule has 0 aliphatic rings. The monoisotopic (exact) mass is 310 g/mol. The number of methoxy groups -OCH3 is 1. The highest BCUT2D eigenvalue weighted by atomic mass is 35.5. The van der Waals surface area contributed by atoms with Crippen molar-refractivity contribution in [1.29, 1.82) is 0 Å². The SMILES string of the molecule is COc1ccc(C(=O)O)c(OCc2ccc(Cl)c(F)c2)c1. The van der Waals surface area contributed by atoms with Crippen molar-refractivity contribution in [2.75, 3.05) is 7.11 Å². The van der Waals surface area contributed by atoms with Gasteiger partial charge in [0.05, 0.1) is 12.1 Å². The lowest BCUT2D eigenvalue weighted by Gasteiger charge is -2.11. The average Bonchev–Trinajstić information content (AvgIpc) is 2.48. The summed E-state index contributed by atoms with van der Waals surface area (Å²) in [6, 6.07) is 8.64. The molecule has 21 heavy (non-hydrogen) atoms. The molecule has 6 heteroatoms. The topological polar surface area (TPSA) is 55.8 Å². The number of benzene rings is 2. The molecule has 1 N–H and O–H groups in total. The third-order valence-corrected chi connectivity index (χ3v) is 3.10. The van der Waals surface area contributed by atoms with Crippen molar-refractivity contribution in [2.24, 2.45) is 0 Å². The first-order valence-electron chi connectivity index (χ1n) is 5.99. The summed E-state index contributed by atoms with van der Waals surface area (Å²) in [5.41, 5.74) is 0.543. The maximum Gasteiger partial charge on any atom is 0.339 e. The van der Waals surface area contributed by atoms with Crippen LogP contribution in [-0.2, 0) is 6.61 Å². The van der Waals surface area contributed by atoms with E-state index in [9.17, 15) is 9.18 Å². The minimum Gasteiger partial charge on any atom is -0.497 e. The number of carboxylic acid groups (broad SMARTS) is 1. The van der Waals surface area contributed by atoms with Gasteiger partial charge in [-0.3, -0.25) is 0 Å². The zero-order chi connectivity index (χ0) is 15.4. The number of halogens is 2. The zero-order valence-electron chi connectivity index (χ0n) is 11.1. The van der Waals surface area contributed by atoms with Crippen LogP contribution < -0.4 is 9.47 Å². The van der Waals surface area contributed by atoms with Crippen LogP contribution in [0.1, 0.15) is 15.9 Å². The molecule has 0 saturated heterocycles. The molecule has 0 radical (unpaired) electrons. The van der Waals surface area contributed by atoms with Gasteiger partial charge in [0.15, 0.2) is 0 Å². The molecule has 0 bridgehead atoms. The van der Waals surface area contributed by atoms with Crippen molar-refractivity contribution in [3.63, 3.8) is 0 Å². The fraction of sp³-hybridized carbons (Fsp3) is 0.133. The van der Waals surface area contributed by atoms with Crippen LogP contribution >= 0.6 is 11.6 Å². The Balaban J connectivity index is 2.21. The van der Waals surface area contributed by atoms with Gasteiger partial charge in [-0.05, 0) is 29.8 Å². The minimum absolute atomic E-state index is 0.00485. The molecule has 2 aromatic rings. The number of ether oxygens (including phenoxy) is 2. The molecule has 0 aliphatic carbocycles. The molecule has 2 aromatic carbocycles. The highest BCUT2D eigenvalue weighted by Crippen LogP contribution is 2.26. The van der Waals surface area contributed by atoms with Gasteiger partial charge in [-0.2, -0.15) is 0 Å². The molecular formula is C15H12ClFO4. The number of hydrogen-bond acceptors (Lipinski definition) is 3. The van der Waals surface area contributed by atoms with Gasteiger partial charge in [0.1, 0.15) is 29.5 Å². The largest absolute Gasteiger partial charge is 0.497 e. The van der Waals surface area contributed by atoms with Gasteiger partial charge in [0.2, 0.25) is 0 Å². The second-order valence-electron chi connectivity index (χ2n) is 4.20. The van der Waals surface area contributed by atoms with Gasteiger partial charge in [-0.25, -0.2) is 9.18 Å². The van der Waals surface area contributed by atoms with Crippen LogP contribution in [0.4, 0.5) is 4.39 Å². The van der Waals surface area contributed by atoms with Gasteiger partial charge in [0.25, 0.3) is 0 Å². The van der Waals surface area contributed by atoms with Crippen LogP contribution in [0.25, 0.3) is 0 Å². The van der Waals surface area contributed by atoms with E-state index in [1.165, 1.54) is 37.4 Å². The van der Waals surface area contributed by atoms with Crippen LogP contribution in [0.15, 0.2) is 36.4 Å². The first-order valence-corrected chi connectivity index (χ1v) is 6.37. The van der Waals surface area contributed by atoms with Gasteiger partial charge >= 0.3 is 5.97 Å². The predicted octanol–water partition coefficient (Wildman–Crippen LogP) is 3.76. The van der Waals surface area contributed by atoms with E-state index >= 15 is 0 Å². The van der Waals surface area contributed by atoms with Crippen LogP contribution in [0.2, 0.25) is 5.02 Å². The molecule has 2 rings (SSSR count). The average molecular weight is 311 g/mol. The van der Waals surface area contributed by atoms with Crippen molar-refractivity contribution >= 4 is 17.6 Å². The molecule has 0 heterocycles. The van der Waals surface area contributed by atoms with E-state index in [0.29, 0.717) is 11.3 Å². The van der Waals surface area contributed by atoms with Crippen LogP contribution in [0, 0.1) is 5.82 Å². The molecule has 0 unspecified atom stereocenters. The first-order chi connectivity index (χ1) is 10.0. The summed E-state index contributed by atoms with van der Waals surface area (Å²) < 4.78 is 23.8. The Morgan fingerprint density at radius 1 is 1.29 bits per heavy atom. The summed E-state index contributed by atoms with van der Waals surface area (Å²) in [6.45, 7) is 0.0154. The van der Waals surface area contributed by atoms with Crippen LogP contribution in [-0.4, -0.2) is 18.2 Å². The van der Waals surface area contributed by atoms with Gasteiger partial charge in [0, 0.05) is 6.07 Å². The van der Waals surface area contributed by atoms with E-state index in [1.54, 1.807) is 6.07 Å². The van der Waals surface area contributed by atoms with Gasteiger partial charge in [-0.15, -0.1) is 0 Å². The lowest BCUT2D eigenvalue weighted by molar-refractivity contribution is 0.0691. The van der Waals surface area contributed by atoms with Crippen molar-refractivity contribution in [3.05, 3.63) is 58.4 Å². The molecule has 0 saturated carbocycles. The molecule has 0 aromatic heterocycles. The Bertz CT molecular complexity index is 673. The summed E-state index contributed by atoms with van der Waals surface area (Å²) in [4.78, 5) is 11.1. The fourth-order valence-corrected chi connectivity index (χ4v) is 1.83. The Kier molecular flexibility index (Phi) is 4.65. The molecule has 110 valence electrons. The third kappa shape index (κ3) is 3.64. The number of aromatic carboxylic acids is 1. The molecule has 0 fully saturated rings. The number of carboxylic acids is 1. The number of hydrogen-bond donors (Lipinski definition) is 1. The van der Waals surface area contributed by atoms with Crippen LogP contribution in [0.3, 0.4) is 0 Å². The van der Waals surface area contributed by atoms with E-state index < -0.39 is 11.8 Å². The summed E-state index contributed by atoms with van der Waals surface area (Å²) in [5.74, 6) is -1.05. The Morgan fingerprint density at radius 2 is 2.05 bits per heavy atom. The zero-order valence-corrected chi connectivity index (χ0v) is 11.9. The molecule has 4 nitrogen and oxygen atoms in total. The Hall–Kier alpha value is -2.27. The van der Waals surface area contributed by atoms with Crippen molar-refractivity contribution in [2.45, 2.75) is 6.61 Å². The van der Waals surface area contributed by atoms with Crippen LogP contribution in [0.5, 0.6) is 11.5 Å². The highest BCUT2D eigenvalue weighted by Gasteiger charge is 2.13. The summed E-state index contributed by atoms with van der Waals surface area (Å²) >= 11 is 5.59. The fourth-order valence-electron chi connectivity index (χ4n) is 1.72. The van der Waals surface area contributed by atoms with Gasteiger partial charge < -0.3 is 14.6 Å². The molecule has 0 spiro atoms. The van der Waals surface area contributed by atoms with Gasteiger partial charge in [-0.1, -0.05) is 17.7 Å². The quantitative estimate of drug-likeness (QED) is 0.913. The number of carbonyl (C=O) groups is 1. The molecule has 0 aliphatic heterocycles. The van der Waals surface area contributed by atoms with Crippen molar-refractivity contribution < 1.29 is 23.8 Å². The van der Waals surface area contributed by atoms with E-state index in [1.807, 2.05) is 0 Å². The normalized spacial score (nSPS) is 10.2. The minimum atomic E-state index is -1.12. The van der Waals surface area contributed by atoms with E-state index in [2.05, 4.69) is 0 Å². The van der Waals surface area contributed by atoms with E-state index in [4.69, 9.17) is 26.2 Å². The third-order valence-electron chi connectivity index (χ3n) is 2.80. The van der Waals surface area contributed by atoms with Crippen molar-refractivity contribution in [3.8, 4) is 11.5 Å². The lowest BCUT2D eigenvalue weighted by atomic mass is 10.2. The smallest absolute Gasteiger partial charge is 0.339 e. The second-order valence-corrected chi connectivity index (χ2v) is 4.61. The highest BCUT2D eigenvalue weighted by molar-refractivity contribution is 6.30. The maximum absolute atomic E-state index is 13.3. The maximum atomic E-state index is 13.3. The predicted molar refractivity (Wildman–Crippen MR) is 75.7 cm³/mol.